The first-order chi connectivity index (χ1) is 10.1. The van der Waals surface area contributed by atoms with E-state index in [0.29, 0.717) is 19.2 Å². The van der Waals surface area contributed by atoms with E-state index in [9.17, 15) is 4.79 Å². The molecule has 0 saturated carbocycles. The van der Waals surface area contributed by atoms with Crippen LogP contribution in [-0.4, -0.2) is 87.3 Å². The summed E-state index contributed by atoms with van der Waals surface area (Å²) in [6, 6.07) is 0.634. The number of rotatable bonds is 6. The molecule has 0 aliphatic carbocycles. The number of ether oxygens (including phenoxy) is 1. The van der Waals surface area contributed by atoms with Gasteiger partial charge < -0.3 is 20.3 Å². The summed E-state index contributed by atoms with van der Waals surface area (Å²) in [7, 11) is 4.12. The standard InChI is InChI=1S/C15H30N4O2.2ClH/c1-4-21-14-10-18(2)9-13(14)17-15(20)11-19(3)12-5-7-16-8-6-12;;/h12-14,16H,4-11H2,1-3H3,(H,17,20);2*1H/t13-,14-;;/m0../s1. The Bertz CT molecular complexity index is 343. The van der Waals surface area contributed by atoms with E-state index >= 15 is 0 Å². The monoisotopic (exact) mass is 370 g/mol. The highest BCUT2D eigenvalue weighted by Crippen LogP contribution is 2.13. The molecular formula is C15H32Cl2N4O2. The van der Waals surface area contributed by atoms with Gasteiger partial charge in [0.25, 0.3) is 0 Å². The van der Waals surface area contributed by atoms with Gasteiger partial charge in [-0.2, -0.15) is 0 Å². The molecule has 0 unspecified atom stereocenters. The van der Waals surface area contributed by atoms with Crippen LogP contribution in [0.25, 0.3) is 0 Å². The largest absolute Gasteiger partial charge is 0.375 e. The van der Waals surface area contributed by atoms with Gasteiger partial charge in [0.15, 0.2) is 0 Å². The SMILES string of the molecule is CCO[C@H]1CN(C)C[C@@H]1NC(=O)CN(C)C1CCNCC1.Cl.Cl. The Labute approximate surface area is 152 Å². The molecule has 1 amide bonds. The molecule has 2 atom stereocenters. The van der Waals surface area contributed by atoms with Gasteiger partial charge in [-0.05, 0) is 47.0 Å². The van der Waals surface area contributed by atoms with Crippen LogP contribution in [0, 0.1) is 0 Å². The molecule has 8 heteroatoms. The van der Waals surface area contributed by atoms with Crippen LogP contribution < -0.4 is 10.6 Å². The number of carbonyl (C=O) groups is 1. The van der Waals surface area contributed by atoms with E-state index < -0.39 is 0 Å². The molecule has 2 aliphatic rings. The third-order valence-corrected chi connectivity index (χ3v) is 4.50. The number of likely N-dealkylation sites (tertiary alicyclic amines) is 1. The van der Waals surface area contributed by atoms with E-state index in [2.05, 4.69) is 34.5 Å². The normalized spacial score (nSPS) is 25.7. The summed E-state index contributed by atoms with van der Waals surface area (Å²) in [6.45, 7) is 7.04. The van der Waals surface area contributed by atoms with Crippen LogP contribution in [0.1, 0.15) is 19.8 Å². The van der Waals surface area contributed by atoms with Crippen molar-refractivity contribution in [1.29, 1.82) is 0 Å². The van der Waals surface area contributed by atoms with Gasteiger partial charge in [-0.25, -0.2) is 0 Å². The van der Waals surface area contributed by atoms with Crippen molar-refractivity contribution in [2.45, 2.75) is 38.0 Å². The Hall–Kier alpha value is -0.110. The quantitative estimate of drug-likeness (QED) is 0.706. The first kappa shape index (κ1) is 22.9. The number of likely N-dealkylation sites (N-methyl/N-ethyl adjacent to an activating group) is 2. The van der Waals surface area contributed by atoms with Gasteiger partial charge in [0.05, 0.1) is 18.7 Å². The van der Waals surface area contributed by atoms with E-state index in [0.717, 1.165) is 39.0 Å². The van der Waals surface area contributed by atoms with Crippen LogP contribution in [0.2, 0.25) is 0 Å². The molecule has 2 heterocycles. The fourth-order valence-corrected chi connectivity index (χ4v) is 3.34. The molecule has 0 aromatic heterocycles. The van der Waals surface area contributed by atoms with Crippen LogP contribution in [-0.2, 0) is 9.53 Å². The minimum atomic E-state index is 0. The van der Waals surface area contributed by atoms with Crippen LogP contribution in [0.15, 0.2) is 0 Å². The molecule has 0 aromatic carbocycles. The predicted octanol–water partition coefficient (Wildman–Crippen LogP) is 0.349. The summed E-state index contributed by atoms with van der Waals surface area (Å²) < 4.78 is 5.73. The van der Waals surface area contributed by atoms with Gasteiger partial charge in [0.2, 0.25) is 5.91 Å². The number of hydrogen-bond donors (Lipinski definition) is 2. The molecule has 0 aromatic rings. The summed E-state index contributed by atoms with van der Waals surface area (Å²) in [5.41, 5.74) is 0. The maximum Gasteiger partial charge on any atom is 0.234 e. The highest BCUT2D eigenvalue weighted by molar-refractivity contribution is 5.85. The lowest BCUT2D eigenvalue weighted by atomic mass is 10.1. The van der Waals surface area contributed by atoms with E-state index in [1.54, 1.807) is 0 Å². The average molecular weight is 371 g/mol. The summed E-state index contributed by atoms with van der Waals surface area (Å²) in [5.74, 6) is 0.112. The maximum atomic E-state index is 12.3. The third-order valence-electron chi connectivity index (χ3n) is 4.50. The molecule has 23 heavy (non-hydrogen) atoms. The van der Waals surface area contributed by atoms with Crippen molar-refractivity contribution in [1.82, 2.24) is 20.4 Å². The highest BCUT2D eigenvalue weighted by Gasteiger charge is 2.32. The minimum Gasteiger partial charge on any atom is -0.375 e. The minimum absolute atomic E-state index is 0. The topological polar surface area (TPSA) is 56.8 Å². The molecule has 2 N–H and O–H groups in total. The molecule has 0 radical (unpaired) electrons. The molecule has 6 nitrogen and oxygen atoms in total. The fraction of sp³-hybridized carbons (Fsp3) is 0.933. The number of carbonyl (C=O) groups excluding carboxylic acids is 1. The number of nitrogens with zero attached hydrogens (tertiary/aromatic N) is 2. The molecule has 0 bridgehead atoms. The van der Waals surface area contributed by atoms with Crippen molar-refractivity contribution in [3.63, 3.8) is 0 Å². The fourth-order valence-electron chi connectivity index (χ4n) is 3.34. The van der Waals surface area contributed by atoms with Crippen LogP contribution >= 0.6 is 24.8 Å². The molecule has 2 saturated heterocycles. The summed E-state index contributed by atoms with van der Waals surface area (Å²) >= 11 is 0. The van der Waals surface area contributed by atoms with Crippen molar-refractivity contribution in [2.75, 3.05) is 53.4 Å². The van der Waals surface area contributed by atoms with Crippen molar-refractivity contribution in [2.24, 2.45) is 0 Å². The molecule has 138 valence electrons. The van der Waals surface area contributed by atoms with Crippen molar-refractivity contribution < 1.29 is 9.53 Å². The van der Waals surface area contributed by atoms with E-state index in [-0.39, 0.29) is 42.9 Å². The Morgan fingerprint density at radius 3 is 2.57 bits per heavy atom. The van der Waals surface area contributed by atoms with Crippen molar-refractivity contribution in [3.05, 3.63) is 0 Å². The van der Waals surface area contributed by atoms with Gasteiger partial charge in [-0.15, -0.1) is 24.8 Å². The second-order valence-electron chi connectivity index (χ2n) is 6.29. The second-order valence-corrected chi connectivity index (χ2v) is 6.29. The molecular weight excluding hydrogens is 339 g/mol. The Kier molecular flexibility index (Phi) is 11.4. The van der Waals surface area contributed by atoms with E-state index in [4.69, 9.17) is 4.74 Å². The second kappa shape index (κ2) is 11.4. The summed E-state index contributed by atoms with van der Waals surface area (Å²) in [5, 5.41) is 6.51. The Morgan fingerprint density at radius 1 is 1.30 bits per heavy atom. The van der Waals surface area contributed by atoms with E-state index in [1.165, 1.54) is 0 Å². The Morgan fingerprint density at radius 2 is 1.96 bits per heavy atom. The zero-order valence-electron chi connectivity index (χ0n) is 14.4. The number of hydrogen-bond acceptors (Lipinski definition) is 5. The molecule has 2 fully saturated rings. The zero-order chi connectivity index (χ0) is 15.2. The lowest BCUT2D eigenvalue weighted by Gasteiger charge is -2.31. The van der Waals surface area contributed by atoms with Crippen LogP contribution in [0.4, 0.5) is 0 Å². The van der Waals surface area contributed by atoms with Crippen LogP contribution in [0.3, 0.4) is 0 Å². The Balaban J connectivity index is 0.00000242. The number of halogens is 2. The molecule has 2 rings (SSSR count). The van der Waals surface area contributed by atoms with Gasteiger partial charge in [0.1, 0.15) is 0 Å². The average Bonchev–Trinajstić information content (AvgIpc) is 2.80. The summed E-state index contributed by atoms with van der Waals surface area (Å²) in [6.07, 6.45) is 2.36. The number of nitrogens with one attached hydrogen (secondary N) is 2. The van der Waals surface area contributed by atoms with Gasteiger partial charge in [0, 0.05) is 25.7 Å². The van der Waals surface area contributed by atoms with Gasteiger partial charge >= 0.3 is 0 Å². The molecule has 0 spiro atoms. The summed E-state index contributed by atoms with van der Waals surface area (Å²) in [4.78, 5) is 16.7. The highest BCUT2D eigenvalue weighted by atomic mass is 35.5. The number of piperidine rings is 1. The lowest BCUT2D eigenvalue weighted by Crippen LogP contribution is -2.50. The third kappa shape index (κ3) is 7.11. The first-order valence-electron chi connectivity index (χ1n) is 8.10. The zero-order valence-corrected chi connectivity index (χ0v) is 16.0. The number of amides is 1. The maximum absolute atomic E-state index is 12.3. The van der Waals surface area contributed by atoms with E-state index in [1.807, 2.05) is 6.92 Å². The lowest BCUT2D eigenvalue weighted by molar-refractivity contribution is -0.124. The smallest absolute Gasteiger partial charge is 0.234 e. The van der Waals surface area contributed by atoms with Gasteiger partial charge in [-0.1, -0.05) is 0 Å². The first-order valence-corrected chi connectivity index (χ1v) is 8.10. The van der Waals surface area contributed by atoms with Crippen molar-refractivity contribution >= 4 is 30.7 Å². The van der Waals surface area contributed by atoms with Gasteiger partial charge in [-0.3, -0.25) is 9.69 Å². The van der Waals surface area contributed by atoms with Crippen molar-refractivity contribution in [3.8, 4) is 0 Å². The predicted molar refractivity (Wildman–Crippen MR) is 97.9 cm³/mol. The van der Waals surface area contributed by atoms with Crippen LogP contribution in [0.5, 0.6) is 0 Å². The molecule has 2 aliphatic heterocycles.